The molecule has 0 bridgehead atoms. The maximum Gasteiger partial charge on any atom is 0.204 e. The van der Waals surface area contributed by atoms with Gasteiger partial charge in [0.2, 0.25) is 5.75 Å². The van der Waals surface area contributed by atoms with Crippen LogP contribution in [0.4, 0.5) is 0 Å². The van der Waals surface area contributed by atoms with Crippen molar-refractivity contribution in [2.75, 3.05) is 33.0 Å². The molecular weight excluding hydrogens is 394 g/mol. The van der Waals surface area contributed by atoms with Crippen molar-refractivity contribution in [2.45, 2.75) is 40.2 Å². The van der Waals surface area contributed by atoms with E-state index in [1.807, 2.05) is 27.7 Å². The monoisotopic (exact) mass is 425 g/mol. The van der Waals surface area contributed by atoms with E-state index >= 15 is 0 Å². The van der Waals surface area contributed by atoms with Gasteiger partial charge in [0.25, 0.3) is 0 Å². The molecule has 2 aliphatic rings. The molecule has 0 spiro atoms. The van der Waals surface area contributed by atoms with Gasteiger partial charge in [-0.15, -0.1) is 0 Å². The maximum atomic E-state index is 10.6. The van der Waals surface area contributed by atoms with Crippen molar-refractivity contribution in [3.63, 3.8) is 0 Å². The fourth-order valence-corrected chi connectivity index (χ4v) is 4.38. The molecule has 1 N–H and O–H groups in total. The normalized spacial score (nSPS) is 16.3. The van der Waals surface area contributed by atoms with Crippen molar-refractivity contribution in [1.29, 1.82) is 0 Å². The van der Waals surface area contributed by atoms with E-state index in [4.69, 9.17) is 18.9 Å². The van der Waals surface area contributed by atoms with Crippen molar-refractivity contribution in [1.82, 2.24) is 4.90 Å². The Bertz CT molecular complexity index is 1080. The first-order valence-corrected chi connectivity index (χ1v) is 11.1. The van der Waals surface area contributed by atoms with Gasteiger partial charge in [0, 0.05) is 18.0 Å². The Morgan fingerprint density at radius 2 is 1.52 bits per heavy atom. The Hall–Kier alpha value is -3.02. The molecule has 0 saturated heterocycles. The average molecular weight is 426 g/mol. The van der Waals surface area contributed by atoms with Crippen LogP contribution in [0, 0.1) is 0 Å². The van der Waals surface area contributed by atoms with Gasteiger partial charge in [0.15, 0.2) is 23.0 Å². The number of hydrogen-bond donors (Lipinski definition) is 1. The van der Waals surface area contributed by atoms with Crippen LogP contribution in [0.1, 0.15) is 44.9 Å². The molecule has 0 amide bonds. The summed E-state index contributed by atoms with van der Waals surface area (Å²) in [6, 6.07) is 6.04. The van der Waals surface area contributed by atoms with Gasteiger partial charge in [-0.1, -0.05) is 0 Å². The SMILES string of the molecule is CCOc1cc2c(cc1OCC)C1C=c3cc(O)c(OCC)c(OCC)c3=CN1CC2. The Balaban J connectivity index is 1.86. The van der Waals surface area contributed by atoms with Gasteiger partial charge in [0.05, 0.1) is 32.5 Å². The quantitative estimate of drug-likeness (QED) is 0.701. The fourth-order valence-electron chi connectivity index (χ4n) is 4.38. The van der Waals surface area contributed by atoms with E-state index in [2.05, 4.69) is 29.3 Å². The second kappa shape index (κ2) is 9.00. The van der Waals surface area contributed by atoms with Gasteiger partial charge in [-0.3, -0.25) is 0 Å². The van der Waals surface area contributed by atoms with E-state index in [9.17, 15) is 5.11 Å². The smallest absolute Gasteiger partial charge is 0.204 e. The summed E-state index contributed by atoms with van der Waals surface area (Å²) in [4.78, 5) is 2.32. The van der Waals surface area contributed by atoms with Gasteiger partial charge < -0.3 is 29.0 Å². The van der Waals surface area contributed by atoms with Crippen LogP contribution in [-0.4, -0.2) is 43.0 Å². The summed E-state index contributed by atoms with van der Waals surface area (Å²) in [5.74, 6) is 2.67. The van der Waals surface area contributed by atoms with Crippen LogP contribution in [0.5, 0.6) is 28.7 Å². The number of aromatic hydroxyl groups is 1. The summed E-state index contributed by atoms with van der Waals surface area (Å²) in [5.41, 5.74) is 2.47. The number of benzene rings is 2. The van der Waals surface area contributed by atoms with Gasteiger partial charge in [-0.25, -0.2) is 0 Å². The molecule has 31 heavy (non-hydrogen) atoms. The molecule has 0 aromatic heterocycles. The predicted molar refractivity (Wildman–Crippen MR) is 121 cm³/mol. The summed E-state index contributed by atoms with van der Waals surface area (Å²) in [7, 11) is 0. The zero-order chi connectivity index (χ0) is 22.0. The lowest BCUT2D eigenvalue weighted by Crippen LogP contribution is -2.41. The average Bonchev–Trinajstić information content (AvgIpc) is 2.76. The summed E-state index contributed by atoms with van der Waals surface area (Å²) < 4.78 is 23.3. The molecule has 4 rings (SSSR count). The first kappa shape index (κ1) is 21.2. The molecule has 6 nitrogen and oxygen atoms in total. The maximum absolute atomic E-state index is 10.6. The van der Waals surface area contributed by atoms with Crippen LogP contribution in [0.2, 0.25) is 0 Å². The van der Waals surface area contributed by atoms with Gasteiger partial charge >= 0.3 is 0 Å². The van der Waals surface area contributed by atoms with Gasteiger partial charge in [-0.2, -0.15) is 0 Å². The summed E-state index contributed by atoms with van der Waals surface area (Å²) in [6.45, 7) is 10.8. The van der Waals surface area contributed by atoms with E-state index in [1.54, 1.807) is 6.07 Å². The Kier molecular flexibility index (Phi) is 6.16. The molecule has 0 fully saturated rings. The second-order valence-corrected chi connectivity index (χ2v) is 7.52. The number of ether oxygens (including phenoxy) is 4. The molecule has 0 saturated carbocycles. The van der Waals surface area contributed by atoms with Crippen LogP contribution < -0.4 is 29.4 Å². The van der Waals surface area contributed by atoms with E-state index in [0.29, 0.717) is 37.9 Å². The van der Waals surface area contributed by atoms with Crippen LogP contribution in [0.25, 0.3) is 12.3 Å². The minimum atomic E-state index is 0.0537. The molecule has 2 heterocycles. The lowest BCUT2D eigenvalue weighted by Gasteiger charge is -2.37. The van der Waals surface area contributed by atoms with Crippen LogP contribution >= 0.6 is 0 Å². The first-order valence-electron chi connectivity index (χ1n) is 11.1. The zero-order valence-corrected chi connectivity index (χ0v) is 18.7. The van der Waals surface area contributed by atoms with Gasteiger partial charge in [-0.05, 0) is 74.7 Å². The molecule has 2 aromatic carbocycles. The minimum Gasteiger partial charge on any atom is -0.504 e. The molecule has 1 unspecified atom stereocenters. The van der Waals surface area contributed by atoms with Crippen molar-refractivity contribution < 1.29 is 24.1 Å². The molecular formula is C25H31NO5. The molecule has 166 valence electrons. The number of hydrogen-bond acceptors (Lipinski definition) is 6. The van der Waals surface area contributed by atoms with E-state index < -0.39 is 0 Å². The standard InChI is InChI=1S/C25H31NO5/c1-5-28-22-13-16-9-10-26-15-19-17(11-20(26)18(16)14-23(22)29-6-2)12-21(27)25(31-8-4)24(19)30-7-3/h11-15,20,27H,5-10H2,1-4H3. The summed E-state index contributed by atoms with van der Waals surface area (Å²) in [5, 5.41) is 12.5. The Morgan fingerprint density at radius 3 is 2.19 bits per heavy atom. The molecule has 1 atom stereocenters. The fraction of sp³-hybridized carbons (Fsp3) is 0.440. The molecule has 0 radical (unpaired) electrons. The van der Waals surface area contributed by atoms with E-state index in [1.165, 1.54) is 11.1 Å². The minimum absolute atomic E-state index is 0.0537. The van der Waals surface area contributed by atoms with Crippen molar-refractivity contribution in [3.05, 3.63) is 39.8 Å². The van der Waals surface area contributed by atoms with Crippen LogP contribution in [0.15, 0.2) is 18.2 Å². The first-order chi connectivity index (χ1) is 15.1. The lowest BCUT2D eigenvalue weighted by molar-refractivity contribution is 0.271. The number of rotatable bonds is 8. The number of fused-ring (bicyclic) bond motifs is 4. The summed E-state index contributed by atoms with van der Waals surface area (Å²) in [6.07, 6.45) is 5.23. The topological polar surface area (TPSA) is 60.4 Å². The third kappa shape index (κ3) is 3.87. The molecule has 2 aliphatic heterocycles. The van der Waals surface area contributed by atoms with E-state index in [-0.39, 0.29) is 11.8 Å². The predicted octanol–water partition coefficient (Wildman–Crippen LogP) is 3.12. The van der Waals surface area contributed by atoms with Gasteiger partial charge in [0.1, 0.15) is 0 Å². The summed E-state index contributed by atoms with van der Waals surface area (Å²) >= 11 is 0. The Morgan fingerprint density at radius 1 is 0.871 bits per heavy atom. The van der Waals surface area contributed by atoms with Crippen molar-refractivity contribution in [3.8, 4) is 28.7 Å². The zero-order valence-electron chi connectivity index (χ0n) is 18.7. The molecule has 0 aliphatic carbocycles. The van der Waals surface area contributed by atoms with E-state index in [0.717, 1.165) is 34.9 Å². The highest BCUT2D eigenvalue weighted by atomic mass is 16.5. The Labute approximate surface area is 183 Å². The van der Waals surface area contributed by atoms with Crippen molar-refractivity contribution >= 4 is 12.3 Å². The largest absolute Gasteiger partial charge is 0.504 e. The molecule has 6 heteroatoms. The number of phenols is 1. The molecule has 2 aromatic rings. The second-order valence-electron chi connectivity index (χ2n) is 7.52. The number of phenolic OH excluding ortho intramolecular Hbond substituents is 1. The number of nitrogens with zero attached hydrogens (tertiary/aromatic N) is 1. The third-order valence-electron chi connectivity index (χ3n) is 5.62. The van der Waals surface area contributed by atoms with Crippen LogP contribution in [0.3, 0.4) is 0 Å². The lowest BCUT2D eigenvalue weighted by atomic mass is 9.90. The highest BCUT2D eigenvalue weighted by molar-refractivity contribution is 5.61. The highest BCUT2D eigenvalue weighted by Gasteiger charge is 2.29. The van der Waals surface area contributed by atoms with Crippen LogP contribution in [-0.2, 0) is 6.42 Å². The highest BCUT2D eigenvalue weighted by Crippen LogP contribution is 2.40. The van der Waals surface area contributed by atoms with Crippen molar-refractivity contribution in [2.24, 2.45) is 0 Å². The third-order valence-corrected chi connectivity index (χ3v) is 5.62.